The molecule has 0 bridgehead atoms. The molecule has 4 heteroatoms. The van der Waals surface area contributed by atoms with Crippen molar-refractivity contribution in [3.05, 3.63) is 34.1 Å². The minimum atomic E-state index is -0.175. The Kier molecular flexibility index (Phi) is 6.15. The van der Waals surface area contributed by atoms with E-state index >= 15 is 0 Å². The highest BCUT2D eigenvalue weighted by Gasteiger charge is 2.16. The third kappa shape index (κ3) is 5.72. The average Bonchev–Trinajstić information content (AvgIpc) is 2.27. The summed E-state index contributed by atoms with van der Waals surface area (Å²) >= 11 is 5.40. The number of thioether (sulfide) groups is 1. The summed E-state index contributed by atoms with van der Waals surface area (Å²) in [4.78, 5) is 0. The van der Waals surface area contributed by atoms with Gasteiger partial charge < -0.3 is 5.32 Å². The first kappa shape index (κ1) is 16.0. The Morgan fingerprint density at radius 1 is 1.39 bits per heavy atom. The Balaban J connectivity index is 2.65. The molecule has 1 N–H and O–H groups in total. The fourth-order valence-corrected chi connectivity index (χ4v) is 2.95. The van der Waals surface area contributed by atoms with Crippen LogP contribution in [0.3, 0.4) is 0 Å². The minimum absolute atomic E-state index is 0.175. The second kappa shape index (κ2) is 6.92. The zero-order valence-electron chi connectivity index (χ0n) is 11.4. The van der Waals surface area contributed by atoms with E-state index in [1.54, 1.807) is 12.1 Å². The van der Waals surface area contributed by atoms with Gasteiger partial charge in [0.05, 0.1) is 0 Å². The maximum absolute atomic E-state index is 13.2. The lowest BCUT2D eigenvalue weighted by Crippen LogP contribution is -2.31. The van der Waals surface area contributed by atoms with Crippen molar-refractivity contribution in [2.75, 3.05) is 12.8 Å². The van der Waals surface area contributed by atoms with Crippen LogP contribution in [0.5, 0.6) is 0 Å². The van der Waals surface area contributed by atoms with E-state index in [0.717, 1.165) is 22.2 Å². The van der Waals surface area contributed by atoms with Crippen molar-refractivity contribution >= 4 is 27.7 Å². The van der Waals surface area contributed by atoms with Crippen molar-refractivity contribution in [1.29, 1.82) is 0 Å². The summed E-state index contributed by atoms with van der Waals surface area (Å²) in [7, 11) is 1.96. The van der Waals surface area contributed by atoms with Crippen LogP contribution in [-0.2, 0) is 6.42 Å². The lowest BCUT2D eigenvalue weighted by Gasteiger charge is -2.23. The predicted octanol–water partition coefficient (Wildman–Crippen LogP) is 4.25. The first-order chi connectivity index (χ1) is 8.31. The Hall–Kier alpha value is -0.0600. The number of likely N-dealkylation sites (N-methyl/N-ethyl adjacent to an activating group) is 1. The van der Waals surface area contributed by atoms with Crippen LogP contribution in [0, 0.1) is 5.82 Å². The molecule has 0 aromatic heterocycles. The molecule has 0 amide bonds. The van der Waals surface area contributed by atoms with Gasteiger partial charge in [0.1, 0.15) is 5.82 Å². The molecule has 0 heterocycles. The monoisotopic (exact) mass is 333 g/mol. The van der Waals surface area contributed by atoms with Crippen molar-refractivity contribution < 1.29 is 4.39 Å². The van der Waals surface area contributed by atoms with E-state index in [1.807, 2.05) is 18.8 Å². The highest BCUT2D eigenvalue weighted by molar-refractivity contribution is 9.10. The Bertz CT molecular complexity index is 390. The number of halogens is 2. The summed E-state index contributed by atoms with van der Waals surface area (Å²) in [6.07, 6.45) is 0.831. The van der Waals surface area contributed by atoms with Gasteiger partial charge in [0, 0.05) is 21.0 Å². The van der Waals surface area contributed by atoms with Crippen LogP contribution in [0.1, 0.15) is 26.3 Å². The number of nitrogens with one attached hydrogen (secondary N) is 1. The molecule has 0 fully saturated rings. The normalized spacial score (nSPS) is 13.7. The summed E-state index contributed by atoms with van der Waals surface area (Å²) in [6, 6.07) is 5.21. The van der Waals surface area contributed by atoms with E-state index in [1.165, 1.54) is 6.07 Å². The number of hydrogen-bond acceptors (Lipinski definition) is 2. The van der Waals surface area contributed by atoms with Crippen LogP contribution in [0.4, 0.5) is 4.39 Å². The van der Waals surface area contributed by atoms with Crippen molar-refractivity contribution in [3.63, 3.8) is 0 Å². The lowest BCUT2D eigenvalue weighted by atomic mass is 10.1. The second-order valence-corrected chi connectivity index (χ2v) is 8.05. The van der Waals surface area contributed by atoms with Crippen LogP contribution in [0.2, 0.25) is 0 Å². The molecule has 0 aliphatic carbocycles. The standard InChI is InChI=1S/C14H21BrFNS/c1-14(2,3)18-9-12(17-4)8-10-7-11(16)5-6-13(10)15/h5-7,12,17H,8-9H2,1-4H3. The molecule has 0 saturated heterocycles. The molecule has 0 aliphatic rings. The molecule has 18 heavy (non-hydrogen) atoms. The van der Waals surface area contributed by atoms with Crippen LogP contribution in [-0.4, -0.2) is 23.6 Å². The highest BCUT2D eigenvalue weighted by atomic mass is 79.9. The molecule has 0 saturated carbocycles. The molecule has 0 radical (unpaired) electrons. The molecule has 1 atom stereocenters. The Morgan fingerprint density at radius 3 is 2.61 bits per heavy atom. The first-order valence-electron chi connectivity index (χ1n) is 6.07. The summed E-state index contributed by atoms with van der Waals surface area (Å²) in [5.41, 5.74) is 1.02. The predicted molar refractivity (Wildman–Crippen MR) is 82.9 cm³/mol. The van der Waals surface area contributed by atoms with Gasteiger partial charge in [-0.2, -0.15) is 11.8 Å². The largest absolute Gasteiger partial charge is 0.316 e. The smallest absolute Gasteiger partial charge is 0.123 e. The summed E-state index contributed by atoms with van der Waals surface area (Å²) in [5.74, 6) is 0.842. The van der Waals surface area contributed by atoms with Crippen LogP contribution >= 0.6 is 27.7 Å². The van der Waals surface area contributed by atoms with Crippen molar-refractivity contribution in [3.8, 4) is 0 Å². The number of rotatable bonds is 5. The Morgan fingerprint density at radius 2 is 2.06 bits per heavy atom. The second-order valence-electron chi connectivity index (χ2n) is 5.35. The van der Waals surface area contributed by atoms with Crippen LogP contribution in [0.15, 0.2) is 22.7 Å². The van der Waals surface area contributed by atoms with Crippen molar-refractivity contribution in [2.24, 2.45) is 0 Å². The highest BCUT2D eigenvalue weighted by Crippen LogP contribution is 2.26. The topological polar surface area (TPSA) is 12.0 Å². The molecule has 1 nitrogen and oxygen atoms in total. The van der Waals surface area contributed by atoms with Gasteiger partial charge in [-0.05, 0) is 37.2 Å². The first-order valence-corrected chi connectivity index (χ1v) is 7.85. The molecule has 1 rings (SSSR count). The molecule has 0 spiro atoms. The molecular weight excluding hydrogens is 313 g/mol. The maximum Gasteiger partial charge on any atom is 0.123 e. The van der Waals surface area contributed by atoms with Crippen LogP contribution in [0.25, 0.3) is 0 Å². The SMILES string of the molecule is CNC(CSC(C)(C)C)Cc1cc(F)ccc1Br. The van der Waals surface area contributed by atoms with E-state index in [2.05, 4.69) is 42.0 Å². The van der Waals surface area contributed by atoms with Crippen molar-refractivity contribution in [2.45, 2.75) is 38.0 Å². The summed E-state index contributed by atoms with van der Waals surface area (Å²) in [5, 5.41) is 3.31. The van der Waals surface area contributed by atoms with E-state index < -0.39 is 0 Å². The fraction of sp³-hybridized carbons (Fsp3) is 0.571. The Labute approximate surface area is 122 Å². The molecule has 1 aromatic carbocycles. The number of benzene rings is 1. The lowest BCUT2D eigenvalue weighted by molar-refractivity contribution is 0.599. The fourth-order valence-electron chi connectivity index (χ4n) is 1.56. The summed E-state index contributed by atoms with van der Waals surface area (Å²) in [6.45, 7) is 6.63. The van der Waals surface area contributed by atoms with E-state index in [4.69, 9.17) is 0 Å². The third-order valence-electron chi connectivity index (χ3n) is 2.60. The molecular formula is C14H21BrFNS. The quantitative estimate of drug-likeness (QED) is 0.864. The van der Waals surface area contributed by atoms with Gasteiger partial charge in [-0.15, -0.1) is 0 Å². The van der Waals surface area contributed by atoms with Gasteiger partial charge >= 0.3 is 0 Å². The third-order valence-corrected chi connectivity index (χ3v) is 4.81. The van der Waals surface area contributed by atoms with Gasteiger partial charge in [-0.25, -0.2) is 4.39 Å². The van der Waals surface area contributed by atoms with E-state index in [9.17, 15) is 4.39 Å². The van der Waals surface area contributed by atoms with E-state index in [-0.39, 0.29) is 10.6 Å². The van der Waals surface area contributed by atoms with Gasteiger partial charge in [-0.1, -0.05) is 36.7 Å². The van der Waals surface area contributed by atoms with Gasteiger partial charge in [0.15, 0.2) is 0 Å². The molecule has 0 aliphatic heterocycles. The average molecular weight is 334 g/mol. The molecule has 1 aromatic rings. The van der Waals surface area contributed by atoms with Gasteiger partial charge in [0.2, 0.25) is 0 Å². The van der Waals surface area contributed by atoms with Gasteiger partial charge in [-0.3, -0.25) is 0 Å². The van der Waals surface area contributed by atoms with Gasteiger partial charge in [0.25, 0.3) is 0 Å². The zero-order valence-corrected chi connectivity index (χ0v) is 13.8. The maximum atomic E-state index is 13.2. The zero-order chi connectivity index (χ0) is 13.8. The minimum Gasteiger partial charge on any atom is -0.316 e. The van der Waals surface area contributed by atoms with E-state index in [0.29, 0.717) is 6.04 Å². The number of hydrogen-bond donors (Lipinski definition) is 1. The molecule has 102 valence electrons. The van der Waals surface area contributed by atoms with Crippen LogP contribution < -0.4 is 5.32 Å². The summed E-state index contributed by atoms with van der Waals surface area (Å²) < 4.78 is 14.5. The molecule has 1 unspecified atom stereocenters. The van der Waals surface area contributed by atoms with Crippen molar-refractivity contribution in [1.82, 2.24) is 5.32 Å².